The van der Waals surface area contributed by atoms with Gasteiger partial charge in [-0.2, -0.15) is 0 Å². The van der Waals surface area contributed by atoms with Crippen molar-refractivity contribution >= 4 is 11.9 Å². The van der Waals surface area contributed by atoms with Crippen molar-refractivity contribution in [1.82, 2.24) is 0 Å². The van der Waals surface area contributed by atoms with Gasteiger partial charge in [-0.25, -0.2) is 4.79 Å². The van der Waals surface area contributed by atoms with Gasteiger partial charge in [0.2, 0.25) is 5.79 Å². The molecule has 0 amide bonds. The predicted molar refractivity (Wildman–Crippen MR) is 132 cm³/mol. The fraction of sp³-hybridized carbons (Fsp3) is 0.538. The van der Waals surface area contributed by atoms with Crippen LogP contribution >= 0.6 is 0 Å². The van der Waals surface area contributed by atoms with Crippen molar-refractivity contribution in [1.29, 1.82) is 0 Å². The summed E-state index contributed by atoms with van der Waals surface area (Å²) in [5, 5.41) is 59.2. The van der Waals surface area contributed by atoms with Crippen LogP contribution in [0.1, 0.15) is 32.3 Å². The number of hydrogen-bond acceptors (Lipinski definition) is 11. The molecule has 12 heteroatoms. The van der Waals surface area contributed by atoms with Gasteiger partial charge < -0.3 is 49.6 Å². The number of aromatic hydroxyl groups is 1. The lowest BCUT2D eigenvalue weighted by atomic mass is 9.83. The molecule has 212 valence electrons. The summed E-state index contributed by atoms with van der Waals surface area (Å²) in [6, 6.07) is 6.36. The van der Waals surface area contributed by atoms with Gasteiger partial charge in [0.05, 0.1) is 56.0 Å². The normalized spacial score (nSPS) is 23.6. The third-order valence-corrected chi connectivity index (χ3v) is 6.25. The highest BCUT2D eigenvalue weighted by molar-refractivity contribution is 5.89. The lowest BCUT2D eigenvalue weighted by Gasteiger charge is -2.40. The highest BCUT2D eigenvalue weighted by Gasteiger charge is 2.46. The molecule has 12 nitrogen and oxygen atoms in total. The number of ether oxygens (including phenoxy) is 4. The molecule has 0 radical (unpaired) electrons. The van der Waals surface area contributed by atoms with Gasteiger partial charge in [0.15, 0.2) is 0 Å². The Morgan fingerprint density at radius 3 is 2.47 bits per heavy atom. The molecular formula is C26H36O12. The second-order valence-electron chi connectivity index (χ2n) is 9.43. The summed E-state index contributed by atoms with van der Waals surface area (Å²) in [5.41, 5.74) is -1.22. The number of carbonyl (C=O) groups excluding carboxylic acids is 1. The minimum absolute atomic E-state index is 0.00634. The summed E-state index contributed by atoms with van der Waals surface area (Å²) < 4.78 is 21.5. The second kappa shape index (κ2) is 13.6. The van der Waals surface area contributed by atoms with E-state index in [1.54, 1.807) is 12.1 Å². The molecule has 1 unspecified atom stereocenters. The zero-order chi connectivity index (χ0) is 28.5. The van der Waals surface area contributed by atoms with Crippen LogP contribution in [0, 0.1) is 5.92 Å². The average molecular weight is 541 g/mol. The molecule has 0 bridgehead atoms. The van der Waals surface area contributed by atoms with Crippen LogP contribution in [0.2, 0.25) is 0 Å². The summed E-state index contributed by atoms with van der Waals surface area (Å²) in [5.74, 6) is -4.93. The fourth-order valence-electron chi connectivity index (χ4n) is 4.01. The van der Waals surface area contributed by atoms with Crippen LogP contribution in [-0.4, -0.2) is 93.1 Å². The minimum atomic E-state index is -1.77. The van der Waals surface area contributed by atoms with Crippen molar-refractivity contribution in [3.8, 4) is 5.75 Å². The maximum atomic E-state index is 12.6. The third-order valence-electron chi connectivity index (χ3n) is 6.25. The molecule has 38 heavy (non-hydrogen) atoms. The van der Waals surface area contributed by atoms with E-state index >= 15 is 0 Å². The van der Waals surface area contributed by atoms with E-state index in [0.29, 0.717) is 12.7 Å². The van der Waals surface area contributed by atoms with E-state index in [0.717, 1.165) is 11.8 Å². The first kappa shape index (κ1) is 31.1. The van der Waals surface area contributed by atoms with Crippen molar-refractivity contribution in [2.24, 2.45) is 5.92 Å². The molecule has 5 atom stereocenters. The second-order valence-corrected chi connectivity index (χ2v) is 9.43. The smallest absolute Gasteiger partial charge is 0.335 e. The minimum Gasteiger partial charge on any atom is -0.515 e. The molecule has 1 aliphatic rings. The SMILES string of the molecule is CO[C@@H](CO)[C@H](O)CC(C)(O)CO[C@@]1(C)OC=C(C(=O)O)[C@@H](CC(=O)OCCc2ccc(O)cc2)/C1=C\O. The van der Waals surface area contributed by atoms with Crippen LogP contribution in [-0.2, 0) is 35.0 Å². The first-order valence-corrected chi connectivity index (χ1v) is 11.9. The maximum Gasteiger partial charge on any atom is 0.335 e. The molecule has 1 aromatic rings. The van der Waals surface area contributed by atoms with Crippen LogP contribution in [0.5, 0.6) is 5.75 Å². The number of aliphatic hydroxyl groups excluding tert-OH is 3. The molecule has 0 fully saturated rings. The van der Waals surface area contributed by atoms with Crippen molar-refractivity contribution in [3.05, 3.63) is 53.5 Å². The Morgan fingerprint density at radius 1 is 1.26 bits per heavy atom. The monoisotopic (exact) mass is 540 g/mol. The number of phenolic OH excluding ortho intramolecular Hbond substituents is 1. The van der Waals surface area contributed by atoms with E-state index in [1.165, 1.54) is 33.1 Å². The van der Waals surface area contributed by atoms with Gasteiger partial charge in [-0.3, -0.25) is 4.79 Å². The lowest BCUT2D eigenvalue weighted by Crippen LogP contribution is -2.47. The molecule has 6 N–H and O–H groups in total. The largest absolute Gasteiger partial charge is 0.515 e. The molecule has 1 aromatic carbocycles. The number of benzene rings is 1. The highest BCUT2D eigenvalue weighted by Crippen LogP contribution is 2.40. The highest BCUT2D eigenvalue weighted by atomic mass is 16.7. The number of carboxylic acids is 1. The predicted octanol–water partition coefficient (Wildman–Crippen LogP) is 1.17. The Balaban J connectivity index is 2.10. The Bertz CT molecular complexity index is 996. The third kappa shape index (κ3) is 8.43. The topological polar surface area (TPSA) is 192 Å². The van der Waals surface area contributed by atoms with Gasteiger partial charge in [-0.1, -0.05) is 12.1 Å². The number of carboxylic acid groups (broad SMARTS) is 1. The van der Waals surface area contributed by atoms with Crippen molar-refractivity contribution in [2.45, 2.75) is 56.7 Å². The Labute approximate surface area is 220 Å². The standard InChI is InChI=1S/C26H36O12/c1-25(34,11-21(30)22(13-28)35-3)15-38-26(2)20(12-27)18(19(14-37-26)24(32)33)10-23(31)36-9-8-16-4-6-17(29)7-5-16/h4-7,12,14,18,21-22,27-30,34H,8-11,13,15H2,1-3H3,(H,32,33)/b20-12+/t18-,21-,22+,25?,26-/m1/s1. The van der Waals surface area contributed by atoms with Gasteiger partial charge in [0, 0.05) is 38.4 Å². The van der Waals surface area contributed by atoms with E-state index in [-0.39, 0.29) is 29.9 Å². The summed E-state index contributed by atoms with van der Waals surface area (Å²) in [6.07, 6.45) is -0.954. The average Bonchev–Trinajstić information content (AvgIpc) is 2.84. The summed E-state index contributed by atoms with van der Waals surface area (Å²) >= 11 is 0. The van der Waals surface area contributed by atoms with Crippen LogP contribution in [0.25, 0.3) is 0 Å². The number of carbonyl (C=O) groups is 2. The first-order valence-electron chi connectivity index (χ1n) is 11.9. The van der Waals surface area contributed by atoms with E-state index in [1.807, 2.05) is 0 Å². The Morgan fingerprint density at radius 2 is 1.92 bits per heavy atom. The number of phenols is 1. The van der Waals surface area contributed by atoms with Gasteiger partial charge in [-0.05, 0) is 24.6 Å². The van der Waals surface area contributed by atoms with Gasteiger partial charge >= 0.3 is 11.9 Å². The van der Waals surface area contributed by atoms with E-state index in [2.05, 4.69) is 0 Å². The first-order chi connectivity index (χ1) is 17.9. The van der Waals surface area contributed by atoms with Crippen LogP contribution < -0.4 is 0 Å². The number of methoxy groups -OCH3 is 1. The van der Waals surface area contributed by atoms with Crippen molar-refractivity contribution in [2.75, 3.05) is 26.9 Å². The number of esters is 1. The molecule has 0 aliphatic carbocycles. The van der Waals surface area contributed by atoms with Gasteiger partial charge in [-0.15, -0.1) is 0 Å². The molecule has 0 spiro atoms. The Kier molecular flexibility index (Phi) is 11.1. The number of aliphatic carboxylic acids is 1. The number of aliphatic hydroxyl groups is 4. The lowest BCUT2D eigenvalue weighted by molar-refractivity contribution is -0.211. The summed E-state index contributed by atoms with van der Waals surface area (Å²) in [4.78, 5) is 24.4. The quantitative estimate of drug-likeness (QED) is 0.146. The van der Waals surface area contributed by atoms with E-state index in [9.17, 15) is 40.2 Å². The van der Waals surface area contributed by atoms with Crippen LogP contribution in [0.3, 0.4) is 0 Å². The number of hydrogen-bond donors (Lipinski definition) is 6. The molecule has 1 aliphatic heterocycles. The molecule has 2 rings (SSSR count). The van der Waals surface area contributed by atoms with Crippen molar-refractivity contribution in [3.63, 3.8) is 0 Å². The number of rotatable bonds is 14. The van der Waals surface area contributed by atoms with Crippen LogP contribution in [0.15, 0.2) is 47.9 Å². The van der Waals surface area contributed by atoms with E-state index in [4.69, 9.17) is 18.9 Å². The van der Waals surface area contributed by atoms with Crippen LogP contribution in [0.4, 0.5) is 0 Å². The molecule has 1 heterocycles. The zero-order valence-electron chi connectivity index (χ0n) is 21.6. The molecular weight excluding hydrogens is 504 g/mol. The van der Waals surface area contributed by atoms with Crippen molar-refractivity contribution < 1.29 is 59.2 Å². The summed E-state index contributed by atoms with van der Waals surface area (Å²) in [7, 11) is 1.30. The fourth-order valence-corrected chi connectivity index (χ4v) is 4.01. The maximum absolute atomic E-state index is 12.6. The molecule has 0 saturated heterocycles. The molecule has 0 aromatic heterocycles. The Hall–Kier alpha value is -3.16. The van der Waals surface area contributed by atoms with Gasteiger partial charge in [0.1, 0.15) is 11.9 Å². The molecule has 0 saturated carbocycles. The summed E-state index contributed by atoms with van der Waals surface area (Å²) in [6.45, 7) is 1.86. The van der Waals surface area contributed by atoms with Gasteiger partial charge in [0.25, 0.3) is 0 Å². The van der Waals surface area contributed by atoms with E-state index < -0.39 is 61.1 Å². The zero-order valence-corrected chi connectivity index (χ0v) is 21.6.